The largest absolute Gasteiger partial charge is 0.352 e. The number of amides is 1. The number of fused-ring (bicyclic) bond motifs is 1. The molecule has 0 radical (unpaired) electrons. The summed E-state index contributed by atoms with van der Waals surface area (Å²) in [6.07, 6.45) is 9.62. The van der Waals surface area contributed by atoms with E-state index in [1.54, 1.807) is 18.5 Å². The fourth-order valence-corrected chi connectivity index (χ4v) is 5.28. The zero-order valence-corrected chi connectivity index (χ0v) is 17.1. The minimum Gasteiger partial charge on any atom is -0.352 e. The zero-order valence-electron chi connectivity index (χ0n) is 15.5. The second-order valence-electron chi connectivity index (χ2n) is 7.63. The highest BCUT2D eigenvalue weighted by molar-refractivity contribution is 9.09. The Morgan fingerprint density at radius 2 is 1.96 bits per heavy atom. The van der Waals surface area contributed by atoms with Crippen LogP contribution in [-0.4, -0.2) is 27.5 Å². The van der Waals surface area contributed by atoms with E-state index in [4.69, 9.17) is 0 Å². The molecule has 5 atom stereocenters. The van der Waals surface area contributed by atoms with E-state index in [1.165, 1.54) is 6.08 Å². The molecule has 1 aromatic carbocycles. The molecule has 5 heteroatoms. The highest BCUT2D eigenvalue weighted by Gasteiger charge is 2.48. The minimum absolute atomic E-state index is 0.105. The number of piperidine rings is 1. The van der Waals surface area contributed by atoms with Crippen molar-refractivity contribution in [1.29, 1.82) is 0 Å². The third-order valence-electron chi connectivity index (χ3n) is 5.88. The molecule has 2 aromatic rings. The summed E-state index contributed by atoms with van der Waals surface area (Å²) in [6, 6.07) is 13.9. The van der Waals surface area contributed by atoms with E-state index in [0.29, 0.717) is 4.83 Å². The molecular formula is C23H23BrN2O2. The third kappa shape index (κ3) is 3.95. The van der Waals surface area contributed by atoms with Gasteiger partial charge in [-0.25, -0.2) is 0 Å². The first-order valence-corrected chi connectivity index (χ1v) is 10.7. The molecule has 28 heavy (non-hydrogen) atoms. The van der Waals surface area contributed by atoms with Crippen molar-refractivity contribution in [1.82, 2.24) is 10.3 Å². The van der Waals surface area contributed by atoms with Gasteiger partial charge in [-0.3, -0.25) is 14.6 Å². The van der Waals surface area contributed by atoms with Gasteiger partial charge >= 0.3 is 0 Å². The van der Waals surface area contributed by atoms with Crippen LogP contribution in [0.3, 0.4) is 0 Å². The van der Waals surface area contributed by atoms with Crippen LogP contribution in [0, 0.1) is 11.8 Å². The molecule has 4 rings (SSSR count). The van der Waals surface area contributed by atoms with Crippen molar-refractivity contribution in [2.45, 2.75) is 36.0 Å². The number of nitrogens with zero attached hydrogens (tertiary/aromatic N) is 1. The molecule has 2 heterocycles. The van der Waals surface area contributed by atoms with Gasteiger partial charge in [0, 0.05) is 29.2 Å². The van der Waals surface area contributed by atoms with E-state index in [0.717, 1.165) is 30.4 Å². The van der Waals surface area contributed by atoms with Gasteiger partial charge in [0.15, 0.2) is 5.78 Å². The lowest BCUT2D eigenvalue weighted by Crippen LogP contribution is -2.57. The average molecular weight is 439 g/mol. The summed E-state index contributed by atoms with van der Waals surface area (Å²) in [6.45, 7) is 0. The van der Waals surface area contributed by atoms with Crippen LogP contribution in [0.5, 0.6) is 0 Å². The first-order valence-electron chi connectivity index (χ1n) is 9.75. The maximum Gasteiger partial charge on any atom is 0.231 e. The number of rotatable bonds is 4. The highest BCUT2D eigenvalue weighted by Crippen LogP contribution is 2.45. The van der Waals surface area contributed by atoms with E-state index in [-0.39, 0.29) is 29.6 Å². The maximum atomic E-state index is 13.1. The molecule has 1 saturated carbocycles. The summed E-state index contributed by atoms with van der Waals surface area (Å²) in [7, 11) is 0. The standard InChI is InChI=1S/C23H23BrN2O2/c24-17-9-10-19-18(13-17)21(16-6-2-1-3-7-16)22(23(28)26-19)20(27)11-8-15-5-4-12-25-14-15/h1-8,11-12,14,17-19,21-22H,9-10,13H2,(H,26,28)/b11-8+. The van der Waals surface area contributed by atoms with Crippen LogP contribution in [0.2, 0.25) is 0 Å². The van der Waals surface area contributed by atoms with Crippen LogP contribution in [0.15, 0.2) is 60.9 Å². The van der Waals surface area contributed by atoms with E-state index in [2.05, 4.69) is 26.2 Å². The summed E-state index contributed by atoms with van der Waals surface area (Å²) >= 11 is 3.77. The van der Waals surface area contributed by atoms with Crippen molar-refractivity contribution < 1.29 is 9.59 Å². The van der Waals surface area contributed by atoms with Gasteiger partial charge in [0.1, 0.15) is 5.92 Å². The molecule has 5 unspecified atom stereocenters. The summed E-state index contributed by atoms with van der Waals surface area (Å²) < 4.78 is 0. The molecule has 1 aliphatic heterocycles. The SMILES string of the molecule is O=C(/C=C/c1cccnc1)C1C(=O)NC2CCC(Br)CC2C1c1ccccc1. The number of carbonyl (C=O) groups is 2. The number of hydrogen-bond acceptors (Lipinski definition) is 3. The van der Waals surface area contributed by atoms with Gasteiger partial charge in [-0.2, -0.15) is 0 Å². The summed E-state index contributed by atoms with van der Waals surface area (Å²) in [5.41, 5.74) is 1.92. The second kappa shape index (κ2) is 8.39. The zero-order chi connectivity index (χ0) is 19.5. The molecule has 2 fully saturated rings. The van der Waals surface area contributed by atoms with Gasteiger partial charge in [-0.1, -0.05) is 52.3 Å². The van der Waals surface area contributed by atoms with E-state index < -0.39 is 5.92 Å². The van der Waals surface area contributed by atoms with Gasteiger partial charge in [0.25, 0.3) is 0 Å². The third-order valence-corrected chi connectivity index (χ3v) is 6.71. The number of pyridine rings is 1. The monoisotopic (exact) mass is 438 g/mol. The molecule has 1 aliphatic carbocycles. The van der Waals surface area contributed by atoms with Crippen molar-refractivity contribution in [3.8, 4) is 0 Å². The number of alkyl halides is 1. The van der Waals surface area contributed by atoms with Crippen LogP contribution in [0.1, 0.15) is 36.3 Å². The van der Waals surface area contributed by atoms with Gasteiger partial charge in [0.05, 0.1) is 0 Å². The summed E-state index contributed by atoms with van der Waals surface area (Å²) in [4.78, 5) is 30.6. The fourth-order valence-electron chi connectivity index (χ4n) is 4.59. The van der Waals surface area contributed by atoms with Crippen LogP contribution < -0.4 is 5.32 Å². The van der Waals surface area contributed by atoms with Crippen molar-refractivity contribution in [2.75, 3.05) is 0 Å². The van der Waals surface area contributed by atoms with Crippen molar-refractivity contribution in [2.24, 2.45) is 11.8 Å². The number of ketones is 1. The van der Waals surface area contributed by atoms with Crippen molar-refractivity contribution in [3.63, 3.8) is 0 Å². The number of aromatic nitrogens is 1. The number of hydrogen-bond donors (Lipinski definition) is 1. The van der Waals surface area contributed by atoms with Crippen molar-refractivity contribution in [3.05, 3.63) is 72.1 Å². The Balaban J connectivity index is 1.67. The topological polar surface area (TPSA) is 59.1 Å². The van der Waals surface area contributed by atoms with Gasteiger partial charge < -0.3 is 5.32 Å². The number of benzene rings is 1. The van der Waals surface area contributed by atoms with E-state index >= 15 is 0 Å². The lowest BCUT2D eigenvalue weighted by atomic mass is 9.64. The maximum absolute atomic E-state index is 13.1. The smallest absolute Gasteiger partial charge is 0.231 e. The predicted molar refractivity (Wildman–Crippen MR) is 113 cm³/mol. The Bertz CT molecular complexity index is 869. The number of carbonyl (C=O) groups excluding carboxylic acids is 2. The first kappa shape index (κ1) is 19.1. The van der Waals surface area contributed by atoms with Crippen LogP contribution in [0.25, 0.3) is 6.08 Å². The summed E-state index contributed by atoms with van der Waals surface area (Å²) in [5.74, 6) is -0.853. The predicted octanol–water partition coefficient (Wildman–Crippen LogP) is 4.13. The molecular weight excluding hydrogens is 416 g/mol. The quantitative estimate of drug-likeness (QED) is 0.443. The normalized spacial score (nSPS) is 29.9. The Kier molecular flexibility index (Phi) is 5.72. The van der Waals surface area contributed by atoms with Gasteiger partial charge in [0.2, 0.25) is 5.91 Å². The van der Waals surface area contributed by atoms with E-state index in [9.17, 15) is 9.59 Å². The molecule has 4 nitrogen and oxygen atoms in total. The number of nitrogens with one attached hydrogen (secondary N) is 1. The van der Waals surface area contributed by atoms with Gasteiger partial charge in [-0.05, 0) is 54.5 Å². The highest BCUT2D eigenvalue weighted by atomic mass is 79.9. The number of allylic oxidation sites excluding steroid dienone is 1. The van der Waals surface area contributed by atoms with Crippen LogP contribution in [-0.2, 0) is 9.59 Å². The molecule has 0 bridgehead atoms. The molecule has 1 saturated heterocycles. The lowest BCUT2D eigenvalue weighted by molar-refractivity contribution is -0.137. The molecule has 1 aromatic heterocycles. The molecule has 144 valence electrons. The molecule has 1 amide bonds. The summed E-state index contributed by atoms with van der Waals surface area (Å²) in [5, 5.41) is 3.14. The van der Waals surface area contributed by atoms with Gasteiger partial charge in [-0.15, -0.1) is 0 Å². The Hall–Kier alpha value is -2.27. The van der Waals surface area contributed by atoms with Crippen LogP contribution in [0.4, 0.5) is 0 Å². The van der Waals surface area contributed by atoms with E-state index in [1.807, 2.05) is 42.5 Å². The Labute approximate surface area is 173 Å². The minimum atomic E-state index is -0.700. The number of halogens is 1. The first-order chi connectivity index (χ1) is 13.6. The molecule has 0 spiro atoms. The Morgan fingerprint density at radius 1 is 1.14 bits per heavy atom. The van der Waals surface area contributed by atoms with Crippen molar-refractivity contribution >= 4 is 33.7 Å². The second-order valence-corrected chi connectivity index (χ2v) is 8.92. The van der Waals surface area contributed by atoms with Crippen LogP contribution >= 0.6 is 15.9 Å². The Morgan fingerprint density at radius 3 is 2.71 bits per heavy atom. The fraction of sp³-hybridized carbons (Fsp3) is 0.348. The molecule has 2 aliphatic rings. The molecule has 1 N–H and O–H groups in total. The average Bonchev–Trinajstić information content (AvgIpc) is 2.73. The lowest BCUT2D eigenvalue weighted by Gasteiger charge is -2.46.